The van der Waals surface area contributed by atoms with E-state index in [1.165, 1.54) is 21.8 Å². The summed E-state index contributed by atoms with van der Waals surface area (Å²) in [5.41, 5.74) is 4.62. The van der Waals surface area contributed by atoms with Gasteiger partial charge in [-0.2, -0.15) is 4.57 Å². The Balaban J connectivity index is 1.53. The second kappa shape index (κ2) is 8.74. The number of aryl methyl sites for hydroxylation is 2. The van der Waals surface area contributed by atoms with Crippen molar-refractivity contribution < 1.29 is 17.5 Å². The highest BCUT2D eigenvalue weighted by Crippen LogP contribution is 2.30. The highest BCUT2D eigenvalue weighted by atomic mass is 32.2. The number of fused-ring (bicyclic) bond motifs is 4. The molecule has 168 valence electrons. The van der Waals surface area contributed by atoms with Gasteiger partial charge >= 0.3 is 0 Å². The van der Waals surface area contributed by atoms with Crippen LogP contribution < -0.4 is 4.57 Å². The summed E-state index contributed by atoms with van der Waals surface area (Å²) in [4.78, 5) is 0. The average Bonchev–Trinajstić information content (AvgIpc) is 3.32. The smallest absolute Gasteiger partial charge is 0.262 e. The van der Waals surface area contributed by atoms with Crippen molar-refractivity contribution in [3.63, 3.8) is 0 Å². The summed E-state index contributed by atoms with van der Waals surface area (Å²) in [7, 11) is -4.22. The number of aromatic nitrogens is 2. The minimum Gasteiger partial charge on any atom is -0.748 e. The fourth-order valence-electron chi connectivity index (χ4n) is 4.49. The van der Waals surface area contributed by atoms with Gasteiger partial charge in [-0.3, -0.25) is 0 Å². The van der Waals surface area contributed by atoms with E-state index in [9.17, 15) is 13.0 Å². The van der Waals surface area contributed by atoms with Crippen molar-refractivity contribution in [1.29, 1.82) is 0 Å². The first kappa shape index (κ1) is 21.8. The van der Waals surface area contributed by atoms with Crippen LogP contribution in [0.4, 0.5) is 0 Å². The van der Waals surface area contributed by atoms with E-state index < -0.39 is 10.1 Å². The van der Waals surface area contributed by atoms with Crippen molar-refractivity contribution in [2.75, 3.05) is 5.75 Å². The molecular weight excluding hydrogens is 452 g/mol. The van der Waals surface area contributed by atoms with E-state index >= 15 is 0 Å². The summed E-state index contributed by atoms with van der Waals surface area (Å²) in [6, 6.07) is 23.1. The van der Waals surface area contributed by atoms with E-state index in [2.05, 4.69) is 76.7 Å². The fourth-order valence-corrected chi connectivity index (χ4v) is 6.06. The molecule has 0 amide bonds. The van der Waals surface area contributed by atoms with E-state index in [0.717, 1.165) is 27.3 Å². The van der Waals surface area contributed by atoms with Crippen LogP contribution in [0.2, 0.25) is 0 Å². The summed E-state index contributed by atoms with van der Waals surface area (Å²) < 4.78 is 38.8. The summed E-state index contributed by atoms with van der Waals surface area (Å²) in [6.45, 7) is 3.56. The first-order chi connectivity index (χ1) is 15.9. The topological polar surface area (TPSA) is 66.0 Å². The third-order valence-corrected chi connectivity index (χ3v) is 7.86. The molecular formula is C26H24N2O3S2. The average molecular weight is 477 g/mol. The lowest BCUT2D eigenvalue weighted by atomic mass is 10.1. The molecule has 5 aromatic rings. The standard InChI is InChI=1S/C26H24N2O3S2/c1-2-27-22-9-4-3-8-20(22)21-18-19(12-14-23(21)27)13-15-26-28(16-7-17-33(29,30)31)24-10-5-6-11-25(24)32-26/h3-6,8-15,18H,2,7,16-17H2,1H3. The first-order valence-electron chi connectivity index (χ1n) is 11.0. The van der Waals surface area contributed by atoms with Gasteiger partial charge in [-0.1, -0.05) is 47.7 Å². The van der Waals surface area contributed by atoms with E-state index in [1.807, 2.05) is 18.2 Å². The molecule has 7 heteroatoms. The number of para-hydroxylation sites is 2. The molecule has 2 aromatic heterocycles. The third kappa shape index (κ3) is 4.31. The molecule has 0 saturated carbocycles. The Kier molecular flexibility index (Phi) is 5.78. The van der Waals surface area contributed by atoms with E-state index in [1.54, 1.807) is 11.3 Å². The number of hydrogen-bond donors (Lipinski definition) is 0. The zero-order valence-corrected chi connectivity index (χ0v) is 19.9. The summed E-state index contributed by atoms with van der Waals surface area (Å²) in [6.07, 6.45) is 4.47. The Labute approximate surface area is 197 Å². The maximum atomic E-state index is 11.1. The lowest BCUT2D eigenvalue weighted by Crippen LogP contribution is -2.35. The van der Waals surface area contributed by atoms with Gasteiger partial charge in [0.05, 0.1) is 10.1 Å². The van der Waals surface area contributed by atoms with Crippen molar-refractivity contribution in [2.24, 2.45) is 0 Å². The maximum absolute atomic E-state index is 11.1. The van der Waals surface area contributed by atoms with E-state index in [4.69, 9.17) is 0 Å². The van der Waals surface area contributed by atoms with Gasteiger partial charge in [0.15, 0.2) is 6.54 Å². The predicted molar refractivity (Wildman–Crippen MR) is 135 cm³/mol. The van der Waals surface area contributed by atoms with Gasteiger partial charge in [-0.15, -0.1) is 0 Å². The fraction of sp³-hybridized carbons (Fsp3) is 0.192. The minimum atomic E-state index is -4.22. The van der Waals surface area contributed by atoms with Gasteiger partial charge in [0.25, 0.3) is 5.01 Å². The van der Waals surface area contributed by atoms with Crippen LogP contribution in [-0.2, 0) is 23.2 Å². The molecule has 5 nitrogen and oxygen atoms in total. The Bertz CT molecular complexity index is 1610. The summed E-state index contributed by atoms with van der Waals surface area (Å²) in [5, 5.41) is 3.51. The SMILES string of the molecule is CCn1c2ccccc2c2cc(/C=C/c3sc4ccccc4[n+]3CCCS(=O)(=O)[O-])ccc21. The van der Waals surface area contributed by atoms with Crippen molar-refractivity contribution in [3.05, 3.63) is 77.3 Å². The molecule has 0 unspecified atom stereocenters. The van der Waals surface area contributed by atoms with Gasteiger partial charge in [-0.05, 0) is 42.8 Å². The van der Waals surface area contributed by atoms with Gasteiger partial charge in [0, 0.05) is 52.7 Å². The molecule has 0 atom stereocenters. The molecule has 33 heavy (non-hydrogen) atoms. The Morgan fingerprint density at radius 3 is 2.55 bits per heavy atom. The van der Waals surface area contributed by atoms with Crippen molar-refractivity contribution in [2.45, 2.75) is 26.4 Å². The van der Waals surface area contributed by atoms with Crippen LogP contribution in [0.5, 0.6) is 0 Å². The largest absolute Gasteiger partial charge is 0.748 e. The van der Waals surface area contributed by atoms with Crippen LogP contribution in [0.1, 0.15) is 23.9 Å². The number of hydrogen-bond acceptors (Lipinski definition) is 4. The normalized spacial score (nSPS) is 12.5. The molecule has 0 N–H and O–H groups in total. The van der Waals surface area contributed by atoms with Gasteiger partial charge < -0.3 is 9.12 Å². The highest BCUT2D eigenvalue weighted by molar-refractivity contribution is 7.85. The summed E-state index contributed by atoms with van der Waals surface area (Å²) in [5.74, 6) is -0.356. The molecule has 0 fully saturated rings. The van der Waals surface area contributed by atoms with Crippen molar-refractivity contribution in [1.82, 2.24) is 4.57 Å². The third-order valence-electron chi connectivity index (χ3n) is 5.94. The van der Waals surface area contributed by atoms with E-state index in [-0.39, 0.29) is 5.75 Å². The lowest BCUT2D eigenvalue weighted by molar-refractivity contribution is -0.668. The Hall–Kier alpha value is -3.00. The van der Waals surface area contributed by atoms with Gasteiger partial charge in [-0.25, -0.2) is 8.42 Å². The highest BCUT2D eigenvalue weighted by Gasteiger charge is 2.18. The van der Waals surface area contributed by atoms with Crippen LogP contribution in [0.25, 0.3) is 44.2 Å². The molecule has 0 aliphatic carbocycles. The molecule has 0 saturated heterocycles. The van der Waals surface area contributed by atoms with Crippen LogP contribution >= 0.6 is 11.3 Å². The van der Waals surface area contributed by atoms with Crippen molar-refractivity contribution in [3.8, 4) is 0 Å². The predicted octanol–water partition coefficient (Wildman–Crippen LogP) is 5.42. The quantitative estimate of drug-likeness (QED) is 0.233. The maximum Gasteiger partial charge on any atom is 0.262 e. The van der Waals surface area contributed by atoms with Crippen LogP contribution in [-0.4, -0.2) is 23.3 Å². The minimum absolute atomic E-state index is 0.292. The second-order valence-corrected chi connectivity index (χ2v) is 10.6. The zero-order valence-electron chi connectivity index (χ0n) is 18.3. The molecule has 5 rings (SSSR count). The Morgan fingerprint density at radius 2 is 1.73 bits per heavy atom. The summed E-state index contributed by atoms with van der Waals surface area (Å²) >= 11 is 1.66. The number of rotatable bonds is 7. The van der Waals surface area contributed by atoms with Gasteiger partial charge in [0.1, 0.15) is 4.70 Å². The van der Waals surface area contributed by atoms with E-state index in [0.29, 0.717) is 13.0 Å². The Morgan fingerprint density at radius 1 is 0.970 bits per heavy atom. The number of thiazole rings is 1. The molecule has 0 aliphatic rings. The zero-order chi connectivity index (χ0) is 23.0. The number of benzene rings is 3. The molecule has 2 heterocycles. The monoisotopic (exact) mass is 476 g/mol. The molecule has 0 spiro atoms. The van der Waals surface area contributed by atoms with Crippen LogP contribution in [0, 0.1) is 0 Å². The van der Waals surface area contributed by atoms with Crippen LogP contribution in [0.15, 0.2) is 66.7 Å². The first-order valence-corrected chi connectivity index (χ1v) is 13.4. The molecule has 0 bridgehead atoms. The van der Waals surface area contributed by atoms with Crippen molar-refractivity contribution >= 4 is 65.6 Å². The molecule has 0 aliphatic heterocycles. The van der Waals surface area contributed by atoms with Crippen LogP contribution in [0.3, 0.4) is 0 Å². The lowest BCUT2D eigenvalue weighted by Gasteiger charge is -2.04. The van der Waals surface area contributed by atoms with Gasteiger partial charge in [0.2, 0.25) is 5.52 Å². The molecule has 3 aromatic carbocycles. The number of nitrogens with zero attached hydrogens (tertiary/aromatic N) is 2. The molecule has 0 radical (unpaired) electrons. The second-order valence-electron chi connectivity index (χ2n) is 8.05.